The summed E-state index contributed by atoms with van der Waals surface area (Å²) in [4.78, 5) is 4.12. The number of aryl methyl sites for hydroxylation is 1. The Labute approximate surface area is 128 Å². The lowest BCUT2D eigenvalue weighted by Gasteiger charge is -2.20. The van der Waals surface area contributed by atoms with Gasteiger partial charge in [0.05, 0.1) is 6.04 Å². The molecule has 4 nitrogen and oxygen atoms in total. The summed E-state index contributed by atoms with van der Waals surface area (Å²) < 4.78 is 0. The van der Waals surface area contributed by atoms with E-state index in [0.717, 1.165) is 16.7 Å². The summed E-state index contributed by atoms with van der Waals surface area (Å²) in [6, 6.07) is 7.14. The van der Waals surface area contributed by atoms with Crippen molar-refractivity contribution in [2.24, 2.45) is 5.84 Å². The highest BCUT2D eigenvalue weighted by Crippen LogP contribution is 2.29. The molecule has 0 radical (unpaired) electrons. The molecule has 1 aromatic carbocycles. The summed E-state index contributed by atoms with van der Waals surface area (Å²) in [7, 11) is 0. The van der Waals surface area contributed by atoms with Crippen molar-refractivity contribution in [3.63, 3.8) is 0 Å². The van der Waals surface area contributed by atoms with Crippen LogP contribution in [-0.2, 0) is 6.42 Å². The van der Waals surface area contributed by atoms with Crippen molar-refractivity contribution < 1.29 is 0 Å². The van der Waals surface area contributed by atoms with Gasteiger partial charge in [-0.15, -0.1) is 0 Å². The molecule has 1 atom stereocenters. The number of nitrogen functional groups attached to an aromatic ring is 1. The fraction of sp³-hybridized carbons (Fsp3) is 0.214. The van der Waals surface area contributed by atoms with E-state index in [0.29, 0.717) is 22.3 Å². The van der Waals surface area contributed by atoms with Gasteiger partial charge < -0.3 is 5.73 Å². The molecule has 20 heavy (non-hydrogen) atoms. The Hall–Kier alpha value is -1.33. The Bertz CT molecular complexity index is 596. The molecule has 1 aromatic heterocycles. The normalized spacial score (nSPS) is 12.4. The Morgan fingerprint density at radius 3 is 2.65 bits per heavy atom. The number of halogens is 2. The quantitative estimate of drug-likeness (QED) is 0.599. The van der Waals surface area contributed by atoms with E-state index in [9.17, 15) is 0 Å². The van der Waals surface area contributed by atoms with E-state index in [1.807, 2.05) is 19.1 Å². The van der Waals surface area contributed by atoms with Crippen molar-refractivity contribution in [1.82, 2.24) is 10.4 Å². The molecule has 0 bridgehead atoms. The molecule has 0 aliphatic rings. The second-order valence-electron chi connectivity index (χ2n) is 4.59. The average molecular weight is 311 g/mol. The number of nitrogens with two attached hydrogens (primary N) is 2. The summed E-state index contributed by atoms with van der Waals surface area (Å²) in [6.07, 6.45) is 2.28. The van der Waals surface area contributed by atoms with Crippen LogP contribution in [-0.4, -0.2) is 4.98 Å². The van der Waals surface area contributed by atoms with Crippen molar-refractivity contribution >= 4 is 29.0 Å². The zero-order valence-electron chi connectivity index (χ0n) is 11.0. The maximum Gasteiger partial charge on any atom is 0.128 e. The van der Waals surface area contributed by atoms with Crippen molar-refractivity contribution in [2.75, 3.05) is 5.73 Å². The number of hydrogen-bond acceptors (Lipinski definition) is 4. The second kappa shape index (κ2) is 6.41. The average Bonchev–Trinajstić information content (AvgIpc) is 2.39. The molecule has 5 N–H and O–H groups in total. The van der Waals surface area contributed by atoms with Crippen LogP contribution in [0.5, 0.6) is 0 Å². The number of benzene rings is 1. The zero-order chi connectivity index (χ0) is 14.7. The van der Waals surface area contributed by atoms with Crippen LogP contribution in [0.25, 0.3) is 0 Å². The molecular weight excluding hydrogens is 295 g/mol. The third-order valence-corrected chi connectivity index (χ3v) is 3.81. The molecule has 0 aliphatic carbocycles. The van der Waals surface area contributed by atoms with E-state index < -0.39 is 0 Å². The lowest BCUT2D eigenvalue weighted by atomic mass is 9.96. The lowest BCUT2D eigenvalue weighted by molar-refractivity contribution is 0.549. The highest BCUT2D eigenvalue weighted by Gasteiger charge is 2.18. The molecule has 0 fully saturated rings. The number of hydrogen-bond donors (Lipinski definition) is 3. The molecule has 2 rings (SSSR count). The van der Waals surface area contributed by atoms with Gasteiger partial charge in [0.25, 0.3) is 0 Å². The third kappa shape index (κ3) is 3.22. The molecule has 0 aliphatic heterocycles. The van der Waals surface area contributed by atoms with Crippen molar-refractivity contribution in [1.29, 1.82) is 0 Å². The van der Waals surface area contributed by atoms with E-state index in [1.165, 1.54) is 0 Å². The van der Waals surface area contributed by atoms with Crippen LogP contribution in [0.2, 0.25) is 10.0 Å². The number of hydrazine groups is 1. The largest absolute Gasteiger partial charge is 0.383 e. The molecule has 0 saturated heterocycles. The smallest absolute Gasteiger partial charge is 0.128 e. The molecule has 0 saturated carbocycles. The lowest BCUT2D eigenvalue weighted by Crippen LogP contribution is -2.31. The first-order chi connectivity index (χ1) is 9.52. The van der Waals surface area contributed by atoms with E-state index in [-0.39, 0.29) is 6.04 Å². The molecule has 6 heteroatoms. The van der Waals surface area contributed by atoms with E-state index in [2.05, 4.69) is 10.4 Å². The van der Waals surface area contributed by atoms with E-state index >= 15 is 0 Å². The summed E-state index contributed by atoms with van der Waals surface area (Å²) in [5, 5.41) is 1.21. The molecular formula is C14H16Cl2N4. The Morgan fingerprint density at radius 2 is 2.05 bits per heavy atom. The SMILES string of the molecule is Cc1ccnc(N)c1C(Cc1ccc(Cl)cc1Cl)NN. The number of anilines is 1. The Kier molecular flexibility index (Phi) is 4.83. The highest BCUT2D eigenvalue weighted by molar-refractivity contribution is 6.35. The van der Waals surface area contributed by atoms with Crippen molar-refractivity contribution in [3.8, 4) is 0 Å². The van der Waals surface area contributed by atoms with Gasteiger partial charge in [0.15, 0.2) is 0 Å². The third-order valence-electron chi connectivity index (χ3n) is 3.23. The van der Waals surface area contributed by atoms with Gasteiger partial charge in [0.1, 0.15) is 5.82 Å². The van der Waals surface area contributed by atoms with Crippen LogP contribution in [0.4, 0.5) is 5.82 Å². The predicted octanol–water partition coefficient (Wildman–Crippen LogP) is 3.03. The van der Waals surface area contributed by atoms with Gasteiger partial charge in [0.2, 0.25) is 0 Å². The predicted molar refractivity (Wildman–Crippen MR) is 83.6 cm³/mol. The summed E-state index contributed by atoms with van der Waals surface area (Å²) >= 11 is 12.1. The van der Waals surface area contributed by atoms with Gasteiger partial charge in [-0.3, -0.25) is 11.3 Å². The molecule has 106 valence electrons. The van der Waals surface area contributed by atoms with Gasteiger partial charge in [-0.25, -0.2) is 4.98 Å². The maximum absolute atomic E-state index is 6.20. The Morgan fingerprint density at radius 1 is 1.30 bits per heavy atom. The van der Waals surface area contributed by atoms with E-state index in [1.54, 1.807) is 18.3 Å². The maximum atomic E-state index is 6.20. The van der Waals surface area contributed by atoms with Gasteiger partial charge in [-0.05, 0) is 42.7 Å². The van der Waals surface area contributed by atoms with Crippen LogP contribution >= 0.6 is 23.2 Å². The standard InChI is InChI=1S/C14H16Cl2N4/c1-8-4-5-19-14(17)13(8)12(20-18)6-9-2-3-10(15)7-11(9)16/h2-5,7,12,20H,6,18H2,1H3,(H2,17,19). The van der Waals surface area contributed by atoms with Crippen molar-refractivity contribution in [2.45, 2.75) is 19.4 Å². The number of nitrogens with one attached hydrogen (secondary N) is 1. The number of aromatic nitrogens is 1. The van der Waals surface area contributed by atoms with Gasteiger partial charge in [-0.1, -0.05) is 29.3 Å². The first-order valence-corrected chi connectivity index (χ1v) is 6.89. The molecule has 1 unspecified atom stereocenters. The number of rotatable bonds is 4. The van der Waals surface area contributed by atoms with Crippen LogP contribution in [0.1, 0.15) is 22.7 Å². The molecule has 0 spiro atoms. The fourth-order valence-electron chi connectivity index (χ4n) is 2.20. The van der Waals surface area contributed by atoms with Gasteiger partial charge in [-0.2, -0.15) is 0 Å². The van der Waals surface area contributed by atoms with Gasteiger partial charge >= 0.3 is 0 Å². The fourth-order valence-corrected chi connectivity index (χ4v) is 2.68. The van der Waals surface area contributed by atoms with Crippen LogP contribution in [0, 0.1) is 6.92 Å². The monoisotopic (exact) mass is 310 g/mol. The van der Waals surface area contributed by atoms with E-state index in [4.69, 9.17) is 34.8 Å². The van der Waals surface area contributed by atoms with Crippen molar-refractivity contribution in [3.05, 3.63) is 57.2 Å². The first kappa shape index (κ1) is 15.1. The van der Waals surface area contributed by atoms with Crippen LogP contribution in [0.15, 0.2) is 30.5 Å². The zero-order valence-corrected chi connectivity index (χ0v) is 12.5. The molecule has 2 aromatic rings. The van der Waals surface area contributed by atoms with Crippen LogP contribution < -0.4 is 17.0 Å². The summed E-state index contributed by atoms with van der Waals surface area (Å²) in [5.74, 6) is 6.14. The minimum Gasteiger partial charge on any atom is -0.383 e. The summed E-state index contributed by atoms with van der Waals surface area (Å²) in [6.45, 7) is 1.97. The summed E-state index contributed by atoms with van der Waals surface area (Å²) in [5.41, 5.74) is 11.6. The molecule has 0 amide bonds. The highest BCUT2D eigenvalue weighted by atomic mass is 35.5. The second-order valence-corrected chi connectivity index (χ2v) is 5.43. The number of pyridine rings is 1. The number of nitrogens with zero attached hydrogens (tertiary/aromatic N) is 1. The topological polar surface area (TPSA) is 77.0 Å². The first-order valence-electron chi connectivity index (χ1n) is 6.14. The van der Waals surface area contributed by atoms with Crippen LogP contribution in [0.3, 0.4) is 0 Å². The minimum atomic E-state index is -0.164. The molecule has 1 heterocycles. The van der Waals surface area contributed by atoms with Gasteiger partial charge in [0, 0.05) is 21.8 Å². The Balaban J connectivity index is 2.34. The minimum absolute atomic E-state index is 0.164.